The van der Waals surface area contributed by atoms with Gasteiger partial charge in [0.25, 0.3) is 0 Å². The highest BCUT2D eigenvalue weighted by molar-refractivity contribution is 6.08. The van der Waals surface area contributed by atoms with E-state index in [1.54, 1.807) is 18.2 Å². The fourth-order valence-electron chi connectivity index (χ4n) is 3.09. The quantitative estimate of drug-likeness (QED) is 0.478. The first-order valence-electron chi connectivity index (χ1n) is 8.64. The van der Waals surface area contributed by atoms with Gasteiger partial charge in [-0.1, -0.05) is 19.1 Å². The number of nitrogens with zero attached hydrogens (tertiary/aromatic N) is 2. The Bertz CT molecular complexity index is 947. The predicted molar refractivity (Wildman–Crippen MR) is 98.0 cm³/mol. The standard InChI is InChI=1S/C18H20N4O5/c1-2-8-19-18(27)20-9-10-4-3-5-11-14(10)17(26)22(16(11)25)12-6-7-13(23)21-15(12)24/h3-5,9,12,25-26H,2,6-8H2,1H3,(H,19,27)(H,21,23,24). The average molecular weight is 372 g/mol. The molecule has 9 nitrogen and oxygen atoms in total. The Morgan fingerprint density at radius 1 is 1.37 bits per heavy atom. The van der Waals surface area contributed by atoms with Crippen molar-refractivity contribution < 1.29 is 24.6 Å². The third-order valence-corrected chi connectivity index (χ3v) is 4.39. The maximum Gasteiger partial charge on any atom is 0.340 e. The Balaban J connectivity index is 2.02. The molecule has 142 valence electrons. The van der Waals surface area contributed by atoms with Gasteiger partial charge in [-0.3, -0.25) is 19.5 Å². The first-order valence-corrected chi connectivity index (χ1v) is 8.64. The van der Waals surface area contributed by atoms with E-state index in [9.17, 15) is 24.6 Å². The van der Waals surface area contributed by atoms with E-state index < -0.39 is 23.9 Å². The minimum atomic E-state index is -0.909. The lowest BCUT2D eigenvalue weighted by Crippen LogP contribution is -2.41. The van der Waals surface area contributed by atoms with Crippen LogP contribution in [0.3, 0.4) is 0 Å². The summed E-state index contributed by atoms with van der Waals surface area (Å²) in [4.78, 5) is 39.0. The van der Waals surface area contributed by atoms with Crippen LogP contribution in [0.1, 0.15) is 37.8 Å². The van der Waals surface area contributed by atoms with E-state index in [1.165, 1.54) is 6.21 Å². The summed E-state index contributed by atoms with van der Waals surface area (Å²) >= 11 is 0. The SMILES string of the molecule is CCCNC(=O)N=Cc1cccc2c(O)n(C3CCC(=O)NC3=O)c(O)c12. The largest absolute Gasteiger partial charge is 0.494 e. The van der Waals surface area contributed by atoms with E-state index in [0.717, 1.165) is 11.0 Å². The van der Waals surface area contributed by atoms with Gasteiger partial charge < -0.3 is 15.5 Å². The maximum absolute atomic E-state index is 12.1. The molecular formula is C18H20N4O5. The van der Waals surface area contributed by atoms with Crippen LogP contribution in [0, 0.1) is 0 Å². The summed E-state index contributed by atoms with van der Waals surface area (Å²) in [5.74, 6) is -1.60. The van der Waals surface area contributed by atoms with Gasteiger partial charge in [-0.25, -0.2) is 9.79 Å². The molecule has 2 aromatic rings. The molecule has 1 unspecified atom stereocenters. The number of urea groups is 1. The van der Waals surface area contributed by atoms with Gasteiger partial charge in [0.1, 0.15) is 6.04 Å². The van der Waals surface area contributed by atoms with Crippen LogP contribution in [0.15, 0.2) is 23.2 Å². The minimum Gasteiger partial charge on any atom is -0.494 e. The number of piperidine rings is 1. The van der Waals surface area contributed by atoms with Crippen molar-refractivity contribution >= 4 is 34.8 Å². The zero-order valence-corrected chi connectivity index (χ0v) is 14.7. The van der Waals surface area contributed by atoms with Crippen LogP contribution in [-0.2, 0) is 9.59 Å². The molecule has 1 aliphatic heterocycles. The first-order chi connectivity index (χ1) is 12.9. The lowest BCUT2D eigenvalue weighted by Gasteiger charge is -2.23. The van der Waals surface area contributed by atoms with Crippen molar-refractivity contribution in [1.29, 1.82) is 0 Å². The molecule has 0 aliphatic carbocycles. The number of benzene rings is 1. The van der Waals surface area contributed by atoms with E-state index in [0.29, 0.717) is 17.5 Å². The average Bonchev–Trinajstić information content (AvgIpc) is 2.90. The van der Waals surface area contributed by atoms with Crippen LogP contribution in [0.4, 0.5) is 4.79 Å². The first kappa shape index (κ1) is 18.4. The second kappa shape index (κ2) is 7.48. The second-order valence-electron chi connectivity index (χ2n) is 6.24. The Hall–Kier alpha value is -3.36. The number of nitrogens with one attached hydrogen (secondary N) is 2. The number of aromatic hydroxyl groups is 2. The number of amides is 4. The van der Waals surface area contributed by atoms with Crippen LogP contribution in [0.5, 0.6) is 11.8 Å². The number of carbonyl (C=O) groups is 3. The molecule has 1 aromatic carbocycles. The molecule has 1 atom stereocenters. The lowest BCUT2D eigenvalue weighted by atomic mass is 10.1. The molecule has 4 N–H and O–H groups in total. The Labute approximate surface area is 154 Å². The van der Waals surface area contributed by atoms with Crippen molar-refractivity contribution in [3.63, 3.8) is 0 Å². The molecule has 0 radical (unpaired) electrons. The highest BCUT2D eigenvalue weighted by atomic mass is 16.3. The minimum absolute atomic E-state index is 0.107. The fraction of sp³-hybridized carbons (Fsp3) is 0.333. The van der Waals surface area contributed by atoms with Crippen molar-refractivity contribution in [1.82, 2.24) is 15.2 Å². The predicted octanol–water partition coefficient (Wildman–Crippen LogP) is 1.57. The fourth-order valence-corrected chi connectivity index (χ4v) is 3.09. The zero-order valence-electron chi connectivity index (χ0n) is 14.7. The molecule has 4 amide bonds. The topological polar surface area (TPSA) is 133 Å². The number of imide groups is 1. The number of fused-ring (bicyclic) bond motifs is 1. The Morgan fingerprint density at radius 2 is 2.15 bits per heavy atom. The number of aromatic nitrogens is 1. The van der Waals surface area contributed by atoms with E-state index in [4.69, 9.17) is 0 Å². The van der Waals surface area contributed by atoms with Crippen molar-refractivity contribution in [2.45, 2.75) is 32.2 Å². The summed E-state index contributed by atoms with van der Waals surface area (Å²) < 4.78 is 1.10. The summed E-state index contributed by atoms with van der Waals surface area (Å²) in [6, 6.07) is 3.44. The molecule has 1 saturated heterocycles. The molecule has 1 aromatic heterocycles. The molecule has 3 rings (SSSR count). The van der Waals surface area contributed by atoms with E-state index in [2.05, 4.69) is 15.6 Å². The van der Waals surface area contributed by atoms with Crippen molar-refractivity contribution in [2.75, 3.05) is 6.54 Å². The van der Waals surface area contributed by atoms with Gasteiger partial charge in [-0.05, 0) is 18.9 Å². The number of hydrogen-bond donors (Lipinski definition) is 4. The van der Waals surface area contributed by atoms with Crippen LogP contribution in [0.2, 0.25) is 0 Å². The van der Waals surface area contributed by atoms with E-state index >= 15 is 0 Å². The van der Waals surface area contributed by atoms with Crippen molar-refractivity contribution in [3.05, 3.63) is 23.8 Å². The van der Waals surface area contributed by atoms with Crippen LogP contribution < -0.4 is 10.6 Å². The van der Waals surface area contributed by atoms with Crippen molar-refractivity contribution in [3.8, 4) is 11.8 Å². The Kier molecular flexibility index (Phi) is 5.11. The number of rotatable bonds is 4. The summed E-state index contributed by atoms with van der Waals surface area (Å²) in [7, 11) is 0. The van der Waals surface area contributed by atoms with E-state index in [1.807, 2.05) is 6.92 Å². The molecule has 0 saturated carbocycles. The van der Waals surface area contributed by atoms with Gasteiger partial charge >= 0.3 is 6.03 Å². The van der Waals surface area contributed by atoms with Crippen LogP contribution in [0.25, 0.3) is 10.8 Å². The molecule has 9 heteroatoms. The monoisotopic (exact) mass is 372 g/mol. The van der Waals surface area contributed by atoms with Crippen molar-refractivity contribution in [2.24, 2.45) is 4.99 Å². The molecule has 27 heavy (non-hydrogen) atoms. The molecule has 1 aliphatic rings. The van der Waals surface area contributed by atoms with Gasteiger partial charge in [0.15, 0.2) is 0 Å². The maximum atomic E-state index is 12.1. The highest BCUT2D eigenvalue weighted by Gasteiger charge is 2.33. The van der Waals surface area contributed by atoms with Gasteiger partial charge in [-0.2, -0.15) is 0 Å². The zero-order chi connectivity index (χ0) is 19.6. The smallest absolute Gasteiger partial charge is 0.340 e. The molecule has 1 fully saturated rings. The molecule has 0 bridgehead atoms. The summed E-state index contributed by atoms with van der Waals surface area (Å²) in [5, 5.41) is 26.6. The third kappa shape index (κ3) is 3.48. The second-order valence-corrected chi connectivity index (χ2v) is 6.24. The van der Waals surface area contributed by atoms with Crippen LogP contribution in [-0.4, -0.2) is 45.4 Å². The summed E-state index contributed by atoms with van der Waals surface area (Å²) in [5.41, 5.74) is 0.415. The third-order valence-electron chi connectivity index (χ3n) is 4.39. The summed E-state index contributed by atoms with van der Waals surface area (Å²) in [6.07, 6.45) is 2.34. The van der Waals surface area contributed by atoms with Gasteiger partial charge in [0.2, 0.25) is 23.6 Å². The highest BCUT2D eigenvalue weighted by Crippen LogP contribution is 2.41. The molecule has 2 heterocycles. The van der Waals surface area contributed by atoms with Crippen LogP contribution >= 0.6 is 0 Å². The lowest BCUT2D eigenvalue weighted by molar-refractivity contribution is -0.135. The van der Waals surface area contributed by atoms with E-state index in [-0.39, 0.29) is 30.0 Å². The van der Waals surface area contributed by atoms with Gasteiger partial charge in [0, 0.05) is 30.1 Å². The molecule has 0 spiro atoms. The normalized spacial score (nSPS) is 17.4. The number of hydrogen-bond acceptors (Lipinski definition) is 5. The number of aliphatic imine (C=N–C) groups is 1. The summed E-state index contributed by atoms with van der Waals surface area (Å²) in [6.45, 7) is 2.42. The molecular weight excluding hydrogens is 352 g/mol. The Morgan fingerprint density at radius 3 is 2.85 bits per heavy atom. The number of carbonyl (C=O) groups excluding carboxylic acids is 3. The van der Waals surface area contributed by atoms with Gasteiger partial charge in [0.05, 0.1) is 5.39 Å². The van der Waals surface area contributed by atoms with Gasteiger partial charge in [-0.15, -0.1) is 0 Å².